The van der Waals surface area contributed by atoms with Crippen LogP contribution in [0.3, 0.4) is 0 Å². The summed E-state index contributed by atoms with van der Waals surface area (Å²) in [6, 6.07) is 12.7. The largest absolute Gasteiger partial charge is 0.331 e. The number of fused-ring (bicyclic) bond motifs is 1. The molecular formula is C21H22N4O3. The van der Waals surface area contributed by atoms with Crippen molar-refractivity contribution in [2.45, 2.75) is 44.8 Å². The lowest BCUT2D eigenvalue weighted by molar-refractivity contribution is -0.134. The molecule has 1 aliphatic rings. The molecule has 28 heavy (non-hydrogen) atoms. The average Bonchev–Trinajstić information content (AvgIpc) is 3.53. The number of para-hydroxylation sites is 1. The molecule has 1 aliphatic carbocycles. The first kappa shape index (κ1) is 18.2. The van der Waals surface area contributed by atoms with Crippen LogP contribution >= 0.6 is 0 Å². The second kappa shape index (κ2) is 7.42. The molecule has 3 aromatic rings. The normalized spacial score (nSPS) is 14.8. The Hall–Kier alpha value is -3.22. The van der Waals surface area contributed by atoms with E-state index in [1.165, 1.54) is 4.57 Å². The third-order valence-corrected chi connectivity index (χ3v) is 5.22. The first-order valence-electron chi connectivity index (χ1n) is 9.50. The van der Waals surface area contributed by atoms with Gasteiger partial charge in [0.2, 0.25) is 5.91 Å². The summed E-state index contributed by atoms with van der Waals surface area (Å²) >= 11 is 0. The number of benzene rings is 1. The van der Waals surface area contributed by atoms with E-state index in [1.807, 2.05) is 30.0 Å². The molecule has 1 unspecified atom stereocenters. The third-order valence-electron chi connectivity index (χ3n) is 5.22. The summed E-state index contributed by atoms with van der Waals surface area (Å²) in [7, 11) is 0. The number of aromatic nitrogens is 3. The van der Waals surface area contributed by atoms with Gasteiger partial charge in [-0.15, -0.1) is 0 Å². The summed E-state index contributed by atoms with van der Waals surface area (Å²) in [5, 5.41) is 0.440. The molecule has 144 valence electrons. The van der Waals surface area contributed by atoms with Crippen LogP contribution in [0.25, 0.3) is 10.9 Å². The maximum Gasteiger partial charge on any atom is 0.328 e. The minimum Gasteiger partial charge on any atom is -0.331 e. The number of amides is 1. The summed E-state index contributed by atoms with van der Waals surface area (Å²) in [6.07, 6.45) is 3.89. The van der Waals surface area contributed by atoms with Crippen LogP contribution in [0.4, 0.5) is 0 Å². The van der Waals surface area contributed by atoms with E-state index in [1.54, 1.807) is 30.5 Å². The lowest BCUT2D eigenvalue weighted by atomic mass is 10.1. The molecule has 0 aliphatic heterocycles. The predicted octanol–water partition coefficient (Wildman–Crippen LogP) is 2.23. The Labute approximate surface area is 161 Å². The van der Waals surface area contributed by atoms with Crippen LogP contribution in [0.5, 0.6) is 0 Å². The van der Waals surface area contributed by atoms with E-state index in [4.69, 9.17) is 0 Å². The van der Waals surface area contributed by atoms with Gasteiger partial charge in [0.15, 0.2) is 0 Å². The molecule has 0 saturated heterocycles. The molecule has 7 nitrogen and oxygen atoms in total. The zero-order valence-corrected chi connectivity index (χ0v) is 15.7. The van der Waals surface area contributed by atoms with Gasteiger partial charge in [0.25, 0.3) is 5.56 Å². The fourth-order valence-electron chi connectivity index (χ4n) is 3.66. The topological polar surface area (TPSA) is 88.1 Å². The molecule has 0 spiro atoms. The summed E-state index contributed by atoms with van der Waals surface area (Å²) in [5.74, 6) is -0.0113. The molecule has 1 N–H and O–H groups in total. The zero-order chi connectivity index (χ0) is 19.7. The number of nitrogens with one attached hydrogen (secondary N) is 1. The molecule has 4 rings (SSSR count). The minimum absolute atomic E-state index is 0.0113. The fraction of sp³-hybridized carbons (Fsp3) is 0.333. The number of nitrogens with zero attached hydrogens (tertiary/aromatic N) is 3. The Bertz CT molecular complexity index is 1120. The van der Waals surface area contributed by atoms with Gasteiger partial charge in [0, 0.05) is 25.2 Å². The maximum absolute atomic E-state index is 13.0. The Kier molecular flexibility index (Phi) is 4.81. The molecular weight excluding hydrogens is 356 g/mol. The first-order chi connectivity index (χ1) is 13.6. The lowest BCUT2D eigenvalue weighted by Gasteiger charge is -2.29. The number of carbonyl (C=O) groups is 1. The van der Waals surface area contributed by atoms with E-state index in [0.717, 1.165) is 18.5 Å². The standard InChI is InChI=1S/C21H22N4O3/c1-14(17-7-4-5-12-22-17)25(15-9-10-15)19(26)11-13-24-18-8-3-2-6-16(18)20(27)23-21(24)28/h2-8,12,14-15H,9-11,13H2,1H3,(H,23,27,28). The molecule has 2 heterocycles. The smallest absolute Gasteiger partial charge is 0.328 e. The van der Waals surface area contributed by atoms with Crippen LogP contribution in [0.1, 0.15) is 37.9 Å². The van der Waals surface area contributed by atoms with Crippen molar-refractivity contribution >= 4 is 16.8 Å². The van der Waals surface area contributed by atoms with Crippen molar-refractivity contribution < 1.29 is 4.79 Å². The lowest BCUT2D eigenvalue weighted by Crippen LogP contribution is -2.37. The number of aromatic amines is 1. The molecule has 1 fully saturated rings. The van der Waals surface area contributed by atoms with Crippen molar-refractivity contribution in [3.63, 3.8) is 0 Å². The van der Waals surface area contributed by atoms with E-state index < -0.39 is 11.2 Å². The molecule has 0 bridgehead atoms. The van der Waals surface area contributed by atoms with Gasteiger partial charge in [0.1, 0.15) is 0 Å². The third kappa shape index (κ3) is 3.47. The molecule has 2 aromatic heterocycles. The van der Waals surface area contributed by atoms with Crippen molar-refractivity contribution in [3.05, 3.63) is 75.2 Å². The summed E-state index contributed by atoms with van der Waals surface area (Å²) < 4.78 is 1.46. The zero-order valence-electron chi connectivity index (χ0n) is 15.7. The molecule has 1 amide bonds. The van der Waals surface area contributed by atoms with Gasteiger partial charge in [-0.05, 0) is 44.0 Å². The highest BCUT2D eigenvalue weighted by molar-refractivity contribution is 5.79. The number of pyridine rings is 1. The van der Waals surface area contributed by atoms with Crippen molar-refractivity contribution in [3.8, 4) is 0 Å². The second-order valence-corrected chi connectivity index (χ2v) is 7.14. The Morgan fingerprint density at radius 3 is 2.68 bits per heavy atom. The van der Waals surface area contributed by atoms with E-state index in [0.29, 0.717) is 10.9 Å². The van der Waals surface area contributed by atoms with Crippen molar-refractivity contribution in [1.29, 1.82) is 0 Å². The van der Waals surface area contributed by atoms with Crippen molar-refractivity contribution in [2.75, 3.05) is 0 Å². The van der Waals surface area contributed by atoms with Gasteiger partial charge in [-0.25, -0.2) is 4.79 Å². The van der Waals surface area contributed by atoms with Crippen LogP contribution in [-0.4, -0.2) is 31.4 Å². The predicted molar refractivity (Wildman–Crippen MR) is 106 cm³/mol. The van der Waals surface area contributed by atoms with Crippen LogP contribution in [0, 0.1) is 0 Å². The van der Waals surface area contributed by atoms with Crippen LogP contribution in [-0.2, 0) is 11.3 Å². The number of hydrogen-bond acceptors (Lipinski definition) is 4. The van der Waals surface area contributed by atoms with Crippen LogP contribution < -0.4 is 11.2 Å². The Morgan fingerprint density at radius 2 is 1.96 bits per heavy atom. The highest BCUT2D eigenvalue weighted by Gasteiger charge is 2.36. The number of carbonyl (C=O) groups excluding carboxylic acids is 1. The monoisotopic (exact) mass is 378 g/mol. The SMILES string of the molecule is CC(c1ccccn1)N(C(=O)CCn1c(=O)[nH]c(=O)c2ccccc21)C1CC1. The van der Waals surface area contributed by atoms with E-state index in [9.17, 15) is 14.4 Å². The first-order valence-corrected chi connectivity index (χ1v) is 9.50. The van der Waals surface area contributed by atoms with E-state index in [2.05, 4.69) is 9.97 Å². The molecule has 1 saturated carbocycles. The summed E-state index contributed by atoms with van der Waals surface area (Å²) in [6.45, 7) is 2.20. The molecule has 7 heteroatoms. The van der Waals surface area contributed by atoms with Gasteiger partial charge in [-0.3, -0.25) is 24.1 Å². The summed E-state index contributed by atoms with van der Waals surface area (Å²) in [4.78, 5) is 46.0. The molecule has 1 aromatic carbocycles. The molecule has 0 radical (unpaired) electrons. The quantitative estimate of drug-likeness (QED) is 0.712. The molecule has 1 atom stereocenters. The number of rotatable bonds is 6. The van der Waals surface area contributed by atoms with Crippen LogP contribution in [0.15, 0.2) is 58.3 Å². The second-order valence-electron chi connectivity index (χ2n) is 7.14. The van der Waals surface area contributed by atoms with E-state index >= 15 is 0 Å². The van der Waals surface area contributed by atoms with Crippen molar-refractivity contribution in [1.82, 2.24) is 19.4 Å². The van der Waals surface area contributed by atoms with Gasteiger partial charge in [0.05, 0.1) is 22.6 Å². The van der Waals surface area contributed by atoms with Gasteiger partial charge >= 0.3 is 5.69 Å². The minimum atomic E-state index is -0.493. The van der Waals surface area contributed by atoms with Gasteiger partial charge < -0.3 is 4.90 Å². The summed E-state index contributed by atoms with van der Waals surface area (Å²) in [5.41, 5.74) is 0.494. The average molecular weight is 378 g/mol. The van der Waals surface area contributed by atoms with E-state index in [-0.39, 0.29) is 31.0 Å². The van der Waals surface area contributed by atoms with Crippen LogP contribution in [0.2, 0.25) is 0 Å². The highest BCUT2D eigenvalue weighted by atomic mass is 16.2. The number of hydrogen-bond donors (Lipinski definition) is 1. The number of H-pyrrole nitrogens is 1. The number of aryl methyl sites for hydroxylation is 1. The van der Waals surface area contributed by atoms with Gasteiger partial charge in [-0.2, -0.15) is 0 Å². The maximum atomic E-state index is 13.0. The fourth-order valence-corrected chi connectivity index (χ4v) is 3.66. The Balaban J connectivity index is 1.58. The van der Waals surface area contributed by atoms with Crippen molar-refractivity contribution in [2.24, 2.45) is 0 Å². The highest BCUT2D eigenvalue weighted by Crippen LogP contribution is 2.34. The Morgan fingerprint density at radius 1 is 1.21 bits per heavy atom. The van der Waals surface area contributed by atoms with Gasteiger partial charge in [-0.1, -0.05) is 18.2 Å².